The van der Waals surface area contributed by atoms with Crippen LogP contribution in [0.4, 0.5) is 0 Å². The molecule has 0 radical (unpaired) electrons. The van der Waals surface area contributed by atoms with Gasteiger partial charge in [0, 0.05) is 5.56 Å². The minimum Gasteiger partial charge on any atom is -0.497 e. The molecule has 116 valence electrons. The molecular formula is C16H14N4O3. The van der Waals surface area contributed by atoms with E-state index in [0.717, 1.165) is 11.3 Å². The van der Waals surface area contributed by atoms with E-state index in [0.29, 0.717) is 17.1 Å². The van der Waals surface area contributed by atoms with E-state index >= 15 is 0 Å². The highest BCUT2D eigenvalue weighted by Gasteiger charge is 2.10. The number of hydrogen-bond acceptors (Lipinski definition) is 5. The van der Waals surface area contributed by atoms with Crippen LogP contribution in [-0.4, -0.2) is 29.4 Å². The number of furan rings is 1. The molecule has 3 rings (SSSR count). The summed E-state index contributed by atoms with van der Waals surface area (Å²) in [5, 5.41) is 10.6. The predicted molar refractivity (Wildman–Crippen MR) is 84.3 cm³/mol. The summed E-state index contributed by atoms with van der Waals surface area (Å²) in [6.45, 7) is 0. The van der Waals surface area contributed by atoms with Gasteiger partial charge in [0.1, 0.15) is 17.2 Å². The van der Waals surface area contributed by atoms with Gasteiger partial charge in [-0.2, -0.15) is 10.2 Å². The average Bonchev–Trinajstić information content (AvgIpc) is 3.26. The molecule has 3 aromatic rings. The van der Waals surface area contributed by atoms with Crippen molar-refractivity contribution in [2.45, 2.75) is 0 Å². The second-order valence-electron chi connectivity index (χ2n) is 4.61. The van der Waals surface area contributed by atoms with Crippen LogP contribution in [0.5, 0.6) is 5.75 Å². The summed E-state index contributed by atoms with van der Waals surface area (Å²) < 4.78 is 10.2. The van der Waals surface area contributed by atoms with Gasteiger partial charge in [-0.05, 0) is 42.5 Å². The van der Waals surface area contributed by atoms with Crippen molar-refractivity contribution in [3.63, 3.8) is 0 Å². The zero-order valence-electron chi connectivity index (χ0n) is 12.3. The summed E-state index contributed by atoms with van der Waals surface area (Å²) >= 11 is 0. The number of ether oxygens (including phenoxy) is 1. The molecule has 1 amide bonds. The van der Waals surface area contributed by atoms with Crippen LogP contribution in [0.1, 0.15) is 16.2 Å². The molecule has 0 bridgehead atoms. The number of hydrazone groups is 1. The van der Waals surface area contributed by atoms with Gasteiger partial charge in [0.2, 0.25) is 0 Å². The van der Waals surface area contributed by atoms with Gasteiger partial charge in [-0.25, -0.2) is 5.43 Å². The number of aromatic amines is 1. The van der Waals surface area contributed by atoms with Crippen molar-refractivity contribution >= 4 is 12.1 Å². The molecule has 0 atom stereocenters. The number of hydrogen-bond donors (Lipinski definition) is 2. The molecule has 0 saturated carbocycles. The standard InChI is InChI=1S/C16H14N4O3/c1-22-12-6-4-11(5-7-12)14-9-15(19-18-14)16(21)20-17-10-13-3-2-8-23-13/h2-10H,1H3,(H,18,19)(H,20,21)/b17-10+. The molecule has 0 aliphatic carbocycles. The maximum atomic E-state index is 12.0. The monoisotopic (exact) mass is 310 g/mol. The Morgan fingerprint density at radius 1 is 1.35 bits per heavy atom. The van der Waals surface area contributed by atoms with E-state index in [9.17, 15) is 4.79 Å². The minimum absolute atomic E-state index is 0.312. The quantitative estimate of drug-likeness (QED) is 0.559. The first kappa shape index (κ1) is 14.6. The largest absolute Gasteiger partial charge is 0.497 e. The van der Waals surface area contributed by atoms with Crippen LogP contribution in [0, 0.1) is 0 Å². The van der Waals surface area contributed by atoms with Crippen LogP contribution in [0.25, 0.3) is 11.3 Å². The molecule has 1 aromatic carbocycles. The van der Waals surface area contributed by atoms with Gasteiger partial charge in [-0.3, -0.25) is 9.89 Å². The van der Waals surface area contributed by atoms with Gasteiger partial charge in [0.15, 0.2) is 0 Å². The third kappa shape index (κ3) is 3.46. The molecule has 0 unspecified atom stereocenters. The maximum Gasteiger partial charge on any atom is 0.289 e. The molecule has 23 heavy (non-hydrogen) atoms. The van der Waals surface area contributed by atoms with E-state index in [1.54, 1.807) is 25.3 Å². The normalized spacial score (nSPS) is 10.8. The van der Waals surface area contributed by atoms with Gasteiger partial charge in [-0.15, -0.1) is 0 Å². The number of aromatic nitrogens is 2. The number of H-pyrrole nitrogens is 1. The summed E-state index contributed by atoms with van der Waals surface area (Å²) in [7, 11) is 1.61. The molecule has 2 N–H and O–H groups in total. The van der Waals surface area contributed by atoms with Crippen LogP contribution in [-0.2, 0) is 0 Å². The number of rotatable bonds is 5. The molecule has 7 nitrogen and oxygen atoms in total. The van der Waals surface area contributed by atoms with Crippen molar-refractivity contribution in [3.05, 3.63) is 60.2 Å². The third-order valence-electron chi connectivity index (χ3n) is 3.11. The van der Waals surface area contributed by atoms with Crippen LogP contribution in [0.15, 0.2) is 58.2 Å². The fraction of sp³-hybridized carbons (Fsp3) is 0.0625. The van der Waals surface area contributed by atoms with E-state index in [1.165, 1.54) is 12.5 Å². The first-order valence-corrected chi connectivity index (χ1v) is 6.83. The predicted octanol–water partition coefficient (Wildman–Crippen LogP) is 2.44. The molecule has 0 spiro atoms. The Labute approximate surface area is 132 Å². The number of carbonyl (C=O) groups is 1. The lowest BCUT2D eigenvalue weighted by atomic mass is 10.1. The van der Waals surface area contributed by atoms with Crippen molar-refractivity contribution in [1.82, 2.24) is 15.6 Å². The van der Waals surface area contributed by atoms with Gasteiger partial charge in [0.05, 0.1) is 25.3 Å². The first-order chi connectivity index (χ1) is 11.3. The highest BCUT2D eigenvalue weighted by Crippen LogP contribution is 2.21. The lowest BCUT2D eigenvalue weighted by Crippen LogP contribution is -2.17. The molecular weight excluding hydrogens is 296 g/mol. The fourth-order valence-electron chi connectivity index (χ4n) is 1.93. The SMILES string of the molecule is COc1ccc(-c2cc(C(=O)N/N=C/c3ccco3)[nH]n2)cc1. The summed E-state index contributed by atoms with van der Waals surface area (Å²) in [5.74, 6) is 0.920. The number of methoxy groups -OCH3 is 1. The van der Waals surface area contributed by atoms with Gasteiger partial charge < -0.3 is 9.15 Å². The van der Waals surface area contributed by atoms with E-state index in [4.69, 9.17) is 9.15 Å². The molecule has 0 aliphatic heterocycles. The Balaban J connectivity index is 1.67. The first-order valence-electron chi connectivity index (χ1n) is 6.83. The molecule has 2 aromatic heterocycles. The Morgan fingerprint density at radius 3 is 2.87 bits per heavy atom. The number of nitrogens with zero attached hydrogens (tertiary/aromatic N) is 2. The lowest BCUT2D eigenvalue weighted by molar-refractivity contribution is 0.0950. The van der Waals surface area contributed by atoms with E-state index in [2.05, 4.69) is 20.7 Å². The Hall–Kier alpha value is -3.35. The van der Waals surface area contributed by atoms with Crippen molar-refractivity contribution in [1.29, 1.82) is 0 Å². The highest BCUT2D eigenvalue weighted by molar-refractivity contribution is 5.93. The van der Waals surface area contributed by atoms with Crippen LogP contribution in [0.2, 0.25) is 0 Å². The van der Waals surface area contributed by atoms with Crippen molar-refractivity contribution in [2.75, 3.05) is 7.11 Å². The maximum absolute atomic E-state index is 12.0. The highest BCUT2D eigenvalue weighted by atomic mass is 16.5. The molecule has 0 fully saturated rings. The minimum atomic E-state index is -0.389. The van der Waals surface area contributed by atoms with Crippen LogP contribution in [0.3, 0.4) is 0 Å². The zero-order valence-corrected chi connectivity index (χ0v) is 12.3. The number of carbonyl (C=O) groups excluding carboxylic acids is 1. The van der Waals surface area contributed by atoms with Crippen LogP contribution >= 0.6 is 0 Å². The van der Waals surface area contributed by atoms with Gasteiger partial charge >= 0.3 is 0 Å². The van der Waals surface area contributed by atoms with Crippen molar-refractivity contribution < 1.29 is 13.9 Å². The molecule has 0 aliphatic rings. The van der Waals surface area contributed by atoms with E-state index < -0.39 is 0 Å². The Kier molecular flexibility index (Phi) is 4.19. The van der Waals surface area contributed by atoms with Crippen LogP contribution < -0.4 is 10.2 Å². The van der Waals surface area contributed by atoms with Crippen molar-refractivity contribution in [3.8, 4) is 17.0 Å². The molecule has 0 saturated heterocycles. The fourth-order valence-corrected chi connectivity index (χ4v) is 1.93. The average molecular weight is 310 g/mol. The molecule has 2 heterocycles. The van der Waals surface area contributed by atoms with E-state index in [1.807, 2.05) is 24.3 Å². The summed E-state index contributed by atoms with van der Waals surface area (Å²) in [5.41, 5.74) is 4.25. The summed E-state index contributed by atoms with van der Waals surface area (Å²) in [6.07, 6.45) is 2.94. The zero-order chi connectivity index (χ0) is 16.1. The summed E-state index contributed by atoms with van der Waals surface area (Å²) in [6, 6.07) is 12.5. The lowest BCUT2D eigenvalue weighted by Gasteiger charge is -1.99. The topological polar surface area (TPSA) is 92.5 Å². The van der Waals surface area contributed by atoms with Gasteiger partial charge in [0.25, 0.3) is 5.91 Å². The third-order valence-corrected chi connectivity index (χ3v) is 3.11. The van der Waals surface area contributed by atoms with Gasteiger partial charge in [-0.1, -0.05) is 0 Å². The second-order valence-corrected chi connectivity index (χ2v) is 4.61. The second kappa shape index (κ2) is 6.61. The van der Waals surface area contributed by atoms with E-state index in [-0.39, 0.29) is 5.91 Å². The Morgan fingerprint density at radius 2 is 2.17 bits per heavy atom. The Bertz CT molecular complexity index is 804. The summed E-state index contributed by atoms with van der Waals surface area (Å²) in [4.78, 5) is 12.0. The van der Waals surface area contributed by atoms with Crippen molar-refractivity contribution in [2.24, 2.45) is 5.10 Å². The number of nitrogens with one attached hydrogen (secondary N) is 2. The number of amides is 1. The number of benzene rings is 1. The smallest absolute Gasteiger partial charge is 0.289 e. The molecule has 7 heteroatoms.